The normalized spacial score (nSPS) is 47.8. The quantitative estimate of drug-likeness (QED) is 0.696. The fourth-order valence-corrected chi connectivity index (χ4v) is 4.42. The van der Waals surface area contributed by atoms with E-state index in [1.54, 1.807) is 6.42 Å². The highest BCUT2D eigenvalue weighted by atomic mass is 15.4. The van der Waals surface area contributed by atoms with E-state index in [1.807, 2.05) is 0 Å². The molecule has 0 aromatic rings. The molecule has 0 spiro atoms. The second-order valence-electron chi connectivity index (χ2n) is 6.40. The first-order valence-electron chi connectivity index (χ1n) is 6.73. The van der Waals surface area contributed by atoms with E-state index in [0.29, 0.717) is 6.04 Å². The van der Waals surface area contributed by atoms with Crippen molar-refractivity contribution in [1.82, 2.24) is 10.9 Å². The van der Waals surface area contributed by atoms with E-state index >= 15 is 0 Å². The highest BCUT2D eigenvalue weighted by molar-refractivity contribution is 5.00. The Kier molecular flexibility index (Phi) is 2.52. The van der Waals surface area contributed by atoms with Crippen molar-refractivity contribution in [2.24, 2.45) is 23.7 Å². The summed E-state index contributed by atoms with van der Waals surface area (Å²) in [7, 11) is 0. The summed E-state index contributed by atoms with van der Waals surface area (Å²) < 4.78 is 0. The fourth-order valence-electron chi connectivity index (χ4n) is 4.42. The van der Waals surface area contributed by atoms with E-state index in [4.69, 9.17) is 0 Å². The Labute approximate surface area is 93.2 Å². The Morgan fingerprint density at radius 1 is 0.867 bits per heavy atom. The van der Waals surface area contributed by atoms with Gasteiger partial charge in [0, 0.05) is 12.1 Å². The van der Waals surface area contributed by atoms with Crippen LogP contribution in [-0.4, -0.2) is 12.1 Å². The van der Waals surface area contributed by atoms with Gasteiger partial charge in [0.15, 0.2) is 0 Å². The van der Waals surface area contributed by atoms with E-state index < -0.39 is 0 Å². The zero-order valence-corrected chi connectivity index (χ0v) is 10.00. The van der Waals surface area contributed by atoms with Gasteiger partial charge < -0.3 is 0 Å². The molecule has 2 nitrogen and oxygen atoms in total. The van der Waals surface area contributed by atoms with E-state index in [2.05, 4.69) is 24.7 Å². The molecule has 2 heteroatoms. The summed E-state index contributed by atoms with van der Waals surface area (Å²) >= 11 is 0. The second-order valence-corrected chi connectivity index (χ2v) is 6.40. The summed E-state index contributed by atoms with van der Waals surface area (Å²) in [5.41, 5.74) is 7.04. The Morgan fingerprint density at radius 3 is 1.87 bits per heavy atom. The molecule has 0 heterocycles. The van der Waals surface area contributed by atoms with Crippen molar-refractivity contribution in [2.45, 2.75) is 58.0 Å². The van der Waals surface area contributed by atoms with Gasteiger partial charge in [0.1, 0.15) is 0 Å². The first kappa shape index (κ1) is 10.1. The molecule has 0 saturated heterocycles. The lowest BCUT2D eigenvalue weighted by Gasteiger charge is -2.54. The van der Waals surface area contributed by atoms with Gasteiger partial charge in [-0.25, -0.2) is 0 Å². The Balaban J connectivity index is 1.64. The molecular weight excluding hydrogens is 184 g/mol. The number of hydrogen-bond acceptors (Lipinski definition) is 2. The maximum absolute atomic E-state index is 3.61. The number of hydrogen-bond donors (Lipinski definition) is 2. The van der Waals surface area contributed by atoms with Gasteiger partial charge >= 0.3 is 0 Å². The number of nitrogens with one attached hydrogen (secondary N) is 2. The standard InChI is InChI=1S/C13H24N2/c1-8(2)14-15-13-11-4-9-3-10(6-11)7-12(13)5-9/h8-15H,3-7H2,1-2H3. The third-order valence-corrected chi connectivity index (χ3v) is 4.77. The van der Waals surface area contributed by atoms with E-state index in [9.17, 15) is 0 Å². The maximum Gasteiger partial charge on any atom is 0.0269 e. The molecule has 15 heavy (non-hydrogen) atoms. The van der Waals surface area contributed by atoms with Gasteiger partial charge in [-0.2, -0.15) is 0 Å². The molecule has 0 amide bonds. The molecule has 2 N–H and O–H groups in total. The molecule has 4 rings (SSSR count). The van der Waals surface area contributed by atoms with Gasteiger partial charge in [-0.3, -0.25) is 10.9 Å². The van der Waals surface area contributed by atoms with Crippen LogP contribution in [0.3, 0.4) is 0 Å². The lowest BCUT2D eigenvalue weighted by molar-refractivity contribution is -0.0197. The van der Waals surface area contributed by atoms with Gasteiger partial charge in [0.05, 0.1) is 0 Å². The van der Waals surface area contributed by atoms with Crippen molar-refractivity contribution in [3.8, 4) is 0 Å². The largest absolute Gasteiger partial charge is 0.255 e. The molecule has 0 aliphatic heterocycles. The van der Waals surface area contributed by atoms with E-state index in [0.717, 1.165) is 29.7 Å². The third-order valence-electron chi connectivity index (χ3n) is 4.77. The summed E-state index contributed by atoms with van der Waals surface area (Å²) in [5, 5.41) is 0. The number of rotatable bonds is 3. The van der Waals surface area contributed by atoms with Crippen LogP contribution in [0.15, 0.2) is 0 Å². The van der Waals surface area contributed by atoms with Gasteiger partial charge in [0.25, 0.3) is 0 Å². The zero-order chi connectivity index (χ0) is 10.4. The van der Waals surface area contributed by atoms with Crippen molar-refractivity contribution < 1.29 is 0 Å². The van der Waals surface area contributed by atoms with Crippen LogP contribution >= 0.6 is 0 Å². The Hall–Kier alpha value is -0.0800. The van der Waals surface area contributed by atoms with Crippen LogP contribution in [0, 0.1) is 23.7 Å². The zero-order valence-electron chi connectivity index (χ0n) is 10.00. The van der Waals surface area contributed by atoms with Gasteiger partial charge in [-0.1, -0.05) is 0 Å². The van der Waals surface area contributed by atoms with Crippen molar-refractivity contribution in [1.29, 1.82) is 0 Å². The molecular formula is C13H24N2. The highest BCUT2D eigenvalue weighted by Crippen LogP contribution is 2.53. The SMILES string of the molecule is CC(C)NNC1C2CC3CC(C2)CC1C3. The van der Waals surface area contributed by atoms with Crippen LogP contribution in [0.1, 0.15) is 46.0 Å². The topological polar surface area (TPSA) is 24.1 Å². The first-order chi connectivity index (χ1) is 7.22. The van der Waals surface area contributed by atoms with Crippen LogP contribution in [0.25, 0.3) is 0 Å². The summed E-state index contributed by atoms with van der Waals surface area (Å²) in [6.45, 7) is 4.42. The molecule has 0 radical (unpaired) electrons. The molecule has 86 valence electrons. The van der Waals surface area contributed by atoms with Crippen LogP contribution < -0.4 is 10.9 Å². The molecule has 4 bridgehead atoms. The molecule has 0 aromatic heterocycles. The summed E-state index contributed by atoms with van der Waals surface area (Å²) in [5.74, 6) is 4.13. The summed E-state index contributed by atoms with van der Waals surface area (Å²) in [4.78, 5) is 0. The molecule has 0 unspecified atom stereocenters. The highest BCUT2D eigenvalue weighted by Gasteiger charge is 2.47. The smallest absolute Gasteiger partial charge is 0.0269 e. The van der Waals surface area contributed by atoms with Gasteiger partial charge in [-0.15, -0.1) is 0 Å². The van der Waals surface area contributed by atoms with Crippen molar-refractivity contribution >= 4 is 0 Å². The van der Waals surface area contributed by atoms with Crippen molar-refractivity contribution in [3.63, 3.8) is 0 Å². The second kappa shape index (κ2) is 3.74. The minimum absolute atomic E-state index is 0.558. The monoisotopic (exact) mass is 208 g/mol. The predicted molar refractivity (Wildman–Crippen MR) is 62.2 cm³/mol. The van der Waals surface area contributed by atoms with Crippen molar-refractivity contribution in [3.05, 3.63) is 0 Å². The van der Waals surface area contributed by atoms with E-state index in [-0.39, 0.29) is 0 Å². The predicted octanol–water partition coefficient (Wildman–Crippen LogP) is 2.31. The maximum atomic E-state index is 3.61. The van der Waals surface area contributed by atoms with Crippen LogP contribution in [0.4, 0.5) is 0 Å². The number of hydrazine groups is 1. The van der Waals surface area contributed by atoms with Gasteiger partial charge in [-0.05, 0) is 69.6 Å². The van der Waals surface area contributed by atoms with Gasteiger partial charge in [0.2, 0.25) is 0 Å². The third kappa shape index (κ3) is 1.83. The molecule has 4 aliphatic carbocycles. The molecule has 0 aromatic carbocycles. The first-order valence-corrected chi connectivity index (χ1v) is 6.73. The average Bonchev–Trinajstić information content (AvgIpc) is 2.14. The van der Waals surface area contributed by atoms with Crippen LogP contribution in [-0.2, 0) is 0 Å². The molecule has 4 fully saturated rings. The molecule has 0 atom stereocenters. The molecule has 4 saturated carbocycles. The molecule has 4 aliphatic rings. The average molecular weight is 208 g/mol. The van der Waals surface area contributed by atoms with Crippen LogP contribution in [0.2, 0.25) is 0 Å². The fraction of sp³-hybridized carbons (Fsp3) is 1.00. The van der Waals surface area contributed by atoms with E-state index in [1.165, 1.54) is 25.7 Å². The minimum Gasteiger partial charge on any atom is -0.255 e. The minimum atomic E-state index is 0.558. The lowest BCUT2D eigenvalue weighted by atomic mass is 9.54. The summed E-state index contributed by atoms with van der Waals surface area (Å²) in [6, 6.07) is 1.34. The Bertz CT molecular complexity index is 209. The Morgan fingerprint density at radius 2 is 1.40 bits per heavy atom. The lowest BCUT2D eigenvalue weighted by Crippen LogP contribution is -2.58. The van der Waals surface area contributed by atoms with Crippen molar-refractivity contribution in [2.75, 3.05) is 0 Å². The van der Waals surface area contributed by atoms with Crippen LogP contribution in [0.5, 0.6) is 0 Å². The summed E-state index contributed by atoms with van der Waals surface area (Å²) in [6.07, 6.45) is 7.57.